The van der Waals surface area contributed by atoms with Crippen molar-refractivity contribution in [1.82, 2.24) is 9.80 Å². The maximum atomic E-state index is 12.8. The van der Waals surface area contributed by atoms with Crippen molar-refractivity contribution < 1.29 is 19.1 Å². The van der Waals surface area contributed by atoms with E-state index in [1.54, 1.807) is 29.2 Å². The van der Waals surface area contributed by atoms with Gasteiger partial charge in [-0.25, -0.2) is 4.79 Å². The molecule has 30 heavy (non-hydrogen) atoms. The largest absolute Gasteiger partial charge is 0.486 e. The molecular weight excluding hydrogens is 406 g/mol. The number of amides is 3. The van der Waals surface area contributed by atoms with Crippen LogP contribution in [0.3, 0.4) is 0 Å². The van der Waals surface area contributed by atoms with Gasteiger partial charge in [-0.05, 0) is 48.4 Å². The lowest BCUT2D eigenvalue weighted by atomic mass is 10.1. The SMILES string of the molecule is O=C(Cc1ccc2c(c1)OCCO2)N1CCCN(C(=O)Nc2ccc(Cl)cc2)CC1. The molecule has 0 aromatic heterocycles. The van der Waals surface area contributed by atoms with Gasteiger partial charge in [0.1, 0.15) is 13.2 Å². The van der Waals surface area contributed by atoms with Crippen molar-refractivity contribution in [2.75, 3.05) is 44.7 Å². The monoisotopic (exact) mass is 429 g/mol. The summed E-state index contributed by atoms with van der Waals surface area (Å²) >= 11 is 5.88. The van der Waals surface area contributed by atoms with E-state index in [1.165, 1.54) is 0 Å². The highest BCUT2D eigenvalue weighted by atomic mass is 35.5. The predicted molar refractivity (Wildman–Crippen MR) is 114 cm³/mol. The molecule has 0 radical (unpaired) electrons. The lowest BCUT2D eigenvalue weighted by Crippen LogP contribution is -2.39. The summed E-state index contributed by atoms with van der Waals surface area (Å²) in [5, 5.41) is 3.50. The fraction of sp³-hybridized carbons (Fsp3) is 0.364. The van der Waals surface area contributed by atoms with Crippen LogP contribution in [0.4, 0.5) is 10.5 Å². The molecule has 2 aliphatic rings. The van der Waals surface area contributed by atoms with Crippen LogP contribution >= 0.6 is 11.6 Å². The second-order valence-corrected chi connectivity index (χ2v) is 7.75. The van der Waals surface area contributed by atoms with Crippen LogP contribution in [-0.4, -0.2) is 61.1 Å². The number of hydrogen-bond acceptors (Lipinski definition) is 4. The minimum atomic E-state index is -0.168. The lowest BCUT2D eigenvalue weighted by molar-refractivity contribution is -0.130. The first-order valence-electron chi connectivity index (χ1n) is 10.1. The number of halogens is 1. The molecule has 2 heterocycles. The highest BCUT2D eigenvalue weighted by Crippen LogP contribution is 2.31. The molecule has 1 fully saturated rings. The number of benzene rings is 2. The molecule has 158 valence electrons. The topological polar surface area (TPSA) is 71.1 Å². The van der Waals surface area contributed by atoms with Gasteiger partial charge in [-0.15, -0.1) is 0 Å². The summed E-state index contributed by atoms with van der Waals surface area (Å²) in [6, 6.07) is 12.4. The highest BCUT2D eigenvalue weighted by Gasteiger charge is 2.23. The average molecular weight is 430 g/mol. The molecule has 2 aliphatic heterocycles. The van der Waals surface area contributed by atoms with Gasteiger partial charge in [-0.2, -0.15) is 0 Å². The van der Waals surface area contributed by atoms with E-state index in [0.717, 1.165) is 17.7 Å². The first kappa shape index (κ1) is 20.3. The van der Waals surface area contributed by atoms with Gasteiger partial charge >= 0.3 is 6.03 Å². The zero-order valence-corrected chi connectivity index (χ0v) is 17.4. The summed E-state index contributed by atoms with van der Waals surface area (Å²) in [7, 11) is 0. The molecule has 1 saturated heterocycles. The molecule has 8 heteroatoms. The smallest absolute Gasteiger partial charge is 0.321 e. The van der Waals surface area contributed by atoms with Crippen LogP contribution in [-0.2, 0) is 11.2 Å². The third-order valence-corrected chi connectivity index (χ3v) is 5.45. The number of hydrogen-bond donors (Lipinski definition) is 1. The van der Waals surface area contributed by atoms with Crippen molar-refractivity contribution in [3.05, 3.63) is 53.1 Å². The summed E-state index contributed by atoms with van der Waals surface area (Å²) in [5.74, 6) is 1.45. The van der Waals surface area contributed by atoms with Crippen LogP contribution in [0.25, 0.3) is 0 Å². The van der Waals surface area contributed by atoms with Crippen LogP contribution in [0.5, 0.6) is 11.5 Å². The number of carbonyl (C=O) groups excluding carboxylic acids is 2. The number of ether oxygens (including phenoxy) is 2. The van der Waals surface area contributed by atoms with Gasteiger partial charge in [0, 0.05) is 36.9 Å². The zero-order chi connectivity index (χ0) is 20.9. The van der Waals surface area contributed by atoms with E-state index in [4.69, 9.17) is 21.1 Å². The van der Waals surface area contributed by atoms with Gasteiger partial charge in [-0.3, -0.25) is 4.79 Å². The Labute approximate surface area is 180 Å². The third-order valence-electron chi connectivity index (χ3n) is 5.19. The molecule has 0 saturated carbocycles. The standard InChI is InChI=1S/C22H24ClN3O4/c23-17-3-5-18(6-4-17)24-22(28)26-9-1-8-25(10-11-26)21(27)15-16-2-7-19-20(14-16)30-13-12-29-19/h2-7,14H,1,8-13,15H2,(H,24,28). The summed E-state index contributed by atoms with van der Waals surface area (Å²) < 4.78 is 11.1. The fourth-order valence-corrected chi connectivity index (χ4v) is 3.72. The summed E-state index contributed by atoms with van der Waals surface area (Å²) in [6.07, 6.45) is 1.04. The first-order chi connectivity index (χ1) is 14.6. The third kappa shape index (κ3) is 4.97. The predicted octanol–water partition coefficient (Wildman–Crippen LogP) is 3.42. The van der Waals surface area contributed by atoms with E-state index in [2.05, 4.69) is 5.32 Å². The second-order valence-electron chi connectivity index (χ2n) is 7.31. The van der Waals surface area contributed by atoms with Crippen molar-refractivity contribution in [2.45, 2.75) is 12.8 Å². The first-order valence-corrected chi connectivity index (χ1v) is 10.4. The maximum absolute atomic E-state index is 12.8. The lowest BCUT2D eigenvalue weighted by Gasteiger charge is -2.23. The van der Waals surface area contributed by atoms with Gasteiger partial charge in [0.2, 0.25) is 5.91 Å². The second kappa shape index (κ2) is 9.26. The highest BCUT2D eigenvalue weighted by molar-refractivity contribution is 6.30. The summed E-state index contributed by atoms with van der Waals surface area (Å²) in [5.41, 5.74) is 1.59. The zero-order valence-electron chi connectivity index (χ0n) is 16.6. The van der Waals surface area contributed by atoms with Crippen LogP contribution in [0, 0.1) is 0 Å². The van der Waals surface area contributed by atoms with E-state index >= 15 is 0 Å². The molecule has 4 rings (SSSR count). The Morgan fingerprint density at radius 2 is 1.60 bits per heavy atom. The van der Waals surface area contributed by atoms with Crippen molar-refractivity contribution in [3.63, 3.8) is 0 Å². The maximum Gasteiger partial charge on any atom is 0.321 e. The number of fused-ring (bicyclic) bond motifs is 1. The number of carbonyl (C=O) groups is 2. The van der Waals surface area contributed by atoms with Crippen molar-refractivity contribution in [2.24, 2.45) is 0 Å². The summed E-state index contributed by atoms with van der Waals surface area (Å²) in [6.45, 7) is 3.30. The Morgan fingerprint density at radius 3 is 2.40 bits per heavy atom. The Bertz CT molecular complexity index is 919. The van der Waals surface area contributed by atoms with Crippen molar-refractivity contribution in [3.8, 4) is 11.5 Å². The average Bonchev–Trinajstić information content (AvgIpc) is 3.02. The molecule has 0 aliphatic carbocycles. The molecule has 2 aromatic carbocycles. The number of rotatable bonds is 3. The molecule has 1 N–H and O–H groups in total. The molecular formula is C22H24ClN3O4. The Morgan fingerprint density at radius 1 is 0.900 bits per heavy atom. The van der Waals surface area contributed by atoms with E-state index < -0.39 is 0 Å². The van der Waals surface area contributed by atoms with Crippen LogP contribution in [0.1, 0.15) is 12.0 Å². The van der Waals surface area contributed by atoms with E-state index in [9.17, 15) is 9.59 Å². The normalized spacial score (nSPS) is 16.0. The van der Waals surface area contributed by atoms with Gasteiger partial charge in [0.15, 0.2) is 11.5 Å². The van der Waals surface area contributed by atoms with E-state index in [-0.39, 0.29) is 11.9 Å². The van der Waals surface area contributed by atoms with Gasteiger partial charge < -0.3 is 24.6 Å². The van der Waals surface area contributed by atoms with Gasteiger partial charge in [0.25, 0.3) is 0 Å². The van der Waals surface area contributed by atoms with E-state index in [0.29, 0.717) is 62.3 Å². The molecule has 0 atom stereocenters. The van der Waals surface area contributed by atoms with Crippen LogP contribution in [0.2, 0.25) is 5.02 Å². The fourth-order valence-electron chi connectivity index (χ4n) is 3.59. The van der Waals surface area contributed by atoms with Gasteiger partial charge in [0.05, 0.1) is 6.42 Å². The van der Waals surface area contributed by atoms with Gasteiger partial charge in [-0.1, -0.05) is 17.7 Å². The molecule has 7 nitrogen and oxygen atoms in total. The number of urea groups is 1. The molecule has 2 aromatic rings. The number of nitrogens with zero attached hydrogens (tertiary/aromatic N) is 2. The van der Waals surface area contributed by atoms with Crippen molar-refractivity contribution >= 4 is 29.2 Å². The van der Waals surface area contributed by atoms with E-state index in [1.807, 2.05) is 23.1 Å². The number of nitrogens with one attached hydrogen (secondary N) is 1. The Hall–Kier alpha value is -2.93. The molecule has 0 bridgehead atoms. The quantitative estimate of drug-likeness (QED) is 0.811. The van der Waals surface area contributed by atoms with Crippen molar-refractivity contribution in [1.29, 1.82) is 0 Å². The van der Waals surface area contributed by atoms with Crippen LogP contribution < -0.4 is 14.8 Å². The number of anilines is 1. The molecule has 0 spiro atoms. The summed E-state index contributed by atoms with van der Waals surface area (Å²) in [4.78, 5) is 28.9. The molecule has 0 unspecified atom stereocenters. The Balaban J connectivity index is 1.31. The Kier molecular flexibility index (Phi) is 6.28. The minimum absolute atomic E-state index is 0.0478. The van der Waals surface area contributed by atoms with Crippen LogP contribution in [0.15, 0.2) is 42.5 Å². The molecule has 3 amide bonds. The minimum Gasteiger partial charge on any atom is -0.486 e.